The zero-order valence-corrected chi connectivity index (χ0v) is 25.1. The molecule has 5 unspecified atom stereocenters. The number of aliphatic hydroxyl groups excluding tert-OH is 2. The molecule has 1 spiro atoms. The van der Waals surface area contributed by atoms with Crippen LogP contribution in [-0.4, -0.2) is 87.8 Å². The number of carbonyl (C=O) groups is 2. The van der Waals surface area contributed by atoms with Gasteiger partial charge in [0.25, 0.3) is 0 Å². The number of nitrogens with zero attached hydrogens (tertiary/aromatic N) is 4. The third-order valence-corrected chi connectivity index (χ3v) is 10.3. The highest BCUT2D eigenvalue weighted by Crippen LogP contribution is 2.65. The van der Waals surface area contributed by atoms with Crippen molar-refractivity contribution in [1.29, 1.82) is 0 Å². The summed E-state index contributed by atoms with van der Waals surface area (Å²) in [6.45, 7) is 6.63. The van der Waals surface area contributed by atoms with E-state index in [0.29, 0.717) is 49.3 Å². The van der Waals surface area contributed by atoms with Crippen LogP contribution >= 0.6 is 0 Å². The lowest BCUT2D eigenvalue weighted by Gasteiger charge is -2.62. The van der Waals surface area contributed by atoms with Gasteiger partial charge in [-0.1, -0.05) is 26.0 Å². The highest BCUT2D eigenvalue weighted by atomic mass is 16.6. The van der Waals surface area contributed by atoms with Crippen LogP contribution in [0.25, 0.3) is 6.08 Å². The molecule has 8 atom stereocenters. The second-order valence-corrected chi connectivity index (χ2v) is 12.9. The second-order valence-electron chi connectivity index (χ2n) is 12.9. The van der Waals surface area contributed by atoms with E-state index in [9.17, 15) is 19.8 Å². The third kappa shape index (κ3) is 5.27. The lowest BCUT2D eigenvalue weighted by Crippen LogP contribution is -2.67. The number of epoxide rings is 1. The van der Waals surface area contributed by atoms with E-state index in [1.54, 1.807) is 43.8 Å². The summed E-state index contributed by atoms with van der Waals surface area (Å²) in [6, 6.07) is -0.869. The van der Waals surface area contributed by atoms with E-state index in [4.69, 9.17) is 15.2 Å². The Bertz CT molecular complexity index is 1480. The van der Waals surface area contributed by atoms with Crippen molar-refractivity contribution in [3.8, 4) is 0 Å². The Hall–Kier alpha value is -3.78. The zero-order valence-electron chi connectivity index (χ0n) is 25.1. The third-order valence-electron chi connectivity index (χ3n) is 10.3. The summed E-state index contributed by atoms with van der Waals surface area (Å²) < 4.78 is 11.8. The van der Waals surface area contributed by atoms with Gasteiger partial charge in [0, 0.05) is 41.5 Å². The molecule has 13 nitrogen and oxygen atoms in total. The van der Waals surface area contributed by atoms with E-state index < -0.39 is 29.1 Å². The number of cyclic esters (lactones) is 1. The quantitative estimate of drug-likeness (QED) is 0.220. The van der Waals surface area contributed by atoms with Crippen LogP contribution in [0.3, 0.4) is 0 Å². The molecule has 2 aliphatic carbocycles. The molecule has 13 heteroatoms. The van der Waals surface area contributed by atoms with Gasteiger partial charge in [0.1, 0.15) is 11.4 Å². The Morgan fingerprint density at radius 3 is 2.70 bits per heavy atom. The van der Waals surface area contributed by atoms with E-state index in [1.165, 1.54) is 0 Å². The topological polar surface area (TPSA) is 197 Å². The fourth-order valence-electron chi connectivity index (χ4n) is 7.67. The van der Waals surface area contributed by atoms with Crippen molar-refractivity contribution in [3.05, 3.63) is 47.5 Å². The predicted molar refractivity (Wildman–Crippen MR) is 162 cm³/mol. The SMILES string of the molecule is CC(NC1CC2[C@](C)(CC[C@@H](O)[C@@]2(C)CO)C(/C=C/C2=CC(=C\c3cnc(N)nc3)/OC2=O)C12CO2)C(=O)NC1=NCC=N1. The molecule has 3 aliphatic heterocycles. The Kier molecular flexibility index (Phi) is 7.77. The standard InChI is InChI=1S/C31H39N7O6/c1-17(25(41)38-28-33-8-9-34-28)37-23-12-22-29(2,7-6-24(40)30(22,3)15-39)21(31(23)16-43-31)5-4-19-11-20(44-26(19)42)10-18-13-35-27(32)36-14-18/h4-5,8,10-11,13-14,17,21-24,37,39-40H,6-7,9,12,15-16H2,1-3H3,(H2,32,35,36)(H,34,38,41)/b5-4+,20-10+/t17?,21?,22?,23?,24-,29-,30+,31?/m1/s1. The van der Waals surface area contributed by atoms with E-state index in [-0.39, 0.29) is 47.7 Å². The number of esters is 1. The van der Waals surface area contributed by atoms with E-state index >= 15 is 0 Å². The van der Waals surface area contributed by atoms with Crippen LogP contribution in [0, 0.1) is 22.7 Å². The first-order valence-corrected chi connectivity index (χ1v) is 15.0. The molecule has 1 amide bonds. The molecule has 1 aromatic rings. The van der Waals surface area contributed by atoms with Gasteiger partial charge in [-0.2, -0.15) is 0 Å². The maximum atomic E-state index is 13.0. The van der Waals surface area contributed by atoms with Gasteiger partial charge in [-0.25, -0.2) is 24.7 Å². The Balaban J connectivity index is 1.30. The number of nitrogens with one attached hydrogen (secondary N) is 2. The van der Waals surface area contributed by atoms with Gasteiger partial charge >= 0.3 is 5.97 Å². The number of nitrogen functional groups attached to an aromatic ring is 1. The molecule has 0 aromatic carbocycles. The zero-order chi connectivity index (χ0) is 31.3. The van der Waals surface area contributed by atoms with Crippen LogP contribution in [0.4, 0.5) is 5.95 Å². The molecule has 0 bridgehead atoms. The number of nitrogens with two attached hydrogens (primary N) is 1. The Morgan fingerprint density at radius 2 is 2.05 bits per heavy atom. The minimum absolute atomic E-state index is 0.115. The number of amides is 1. The fourth-order valence-corrected chi connectivity index (χ4v) is 7.67. The number of ether oxygens (including phenoxy) is 2. The smallest absolute Gasteiger partial charge is 0.343 e. The highest BCUT2D eigenvalue weighted by Gasteiger charge is 2.70. The van der Waals surface area contributed by atoms with Crippen LogP contribution in [0.1, 0.15) is 45.6 Å². The number of allylic oxidation sites excluding steroid dienone is 1. The Morgan fingerprint density at radius 1 is 1.30 bits per heavy atom. The number of aromatic nitrogens is 2. The first kappa shape index (κ1) is 30.3. The number of aliphatic hydroxyl groups is 2. The molecule has 2 saturated carbocycles. The van der Waals surface area contributed by atoms with Gasteiger partial charge in [-0.15, -0.1) is 0 Å². The van der Waals surface area contributed by atoms with Crippen molar-refractivity contribution in [2.24, 2.45) is 32.7 Å². The van der Waals surface area contributed by atoms with E-state index in [1.807, 2.05) is 13.0 Å². The Labute approximate surface area is 255 Å². The molecule has 6 N–H and O–H groups in total. The summed E-state index contributed by atoms with van der Waals surface area (Å²) in [6.07, 6.45) is 13.0. The number of aliphatic imine (C=N–C) groups is 2. The molecule has 1 saturated heterocycles. The summed E-state index contributed by atoms with van der Waals surface area (Å²) in [5.74, 6) is -0.266. The molecule has 234 valence electrons. The maximum absolute atomic E-state index is 13.0. The lowest BCUT2D eigenvalue weighted by molar-refractivity contribution is -0.174. The number of hydrogen-bond donors (Lipinski definition) is 5. The van der Waals surface area contributed by atoms with Crippen LogP contribution in [0.5, 0.6) is 0 Å². The summed E-state index contributed by atoms with van der Waals surface area (Å²) in [4.78, 5) is 42.1. The number of rotatable bonds is 7. The van der Waals surface area contributed by atoms with Gasteiger partial charge in [0.15, 0.2) is 0 Å². The second kappa shape index (κ2) is 11.3. The molecule has 5 aliphatic rings. The van der Waals surface area contributed by atoms with E-state index in [0.717, 1.165) is 0 Å². The normalized spacial score (nSPS) is 37.6. The molecule has 6 rings (SSSR count). The first-order chi connectivity index (χ1) is 21.0. The van der Waals surface area contributed by atoms with Crippen molar-refractivity contribution >= 4 is 36.1 Å². The minimum atomic E-state index is -0.767. The average molecular weight is 606 g/mol. The summed E-state index contributed by atoms with van der Waals surface area (Å²) in [5.41, 5.74) is 4.81. The minimum Gasteiger partial charge on any atom is -0.423 e. The van der Waals surface area contributed by atoms with Crippen molar-refractivity contribution in [1.82, 2.24) is 20.6 Å². The van der Waals surface area contributed by atoms with Gasteiger partial charge < -0.3 is 30.7 Å². The number of fused-ring (bicyclic) bond motifs is 1. The van der Waals surface area contributed by atoms with Crippen molar-refractivity contribution in [2.45, 2.75) is 63.8 Å². The van der Waals surface area contributed by atoms with Gasteiger partial charge in [0.05, 0.1) is 37.5 Å². The van der Waals surface area contributed by atoms with Crippen LogP contribution < -0.4 is 16.4 Å². The average Bonchev–Trinajstić information content (AvgIpc) is 3.45. The van der Waals surface area contributed by atoms with Gasteiger partial charge in [-0.3, -0.25) is 10.1 Å². The summed E-state index contributed by atoms with van der Waals surface area (Å²) >= 11 is 0. The molecule has 1 aromatic heterocycles. The molecule has 4 heterocycles. The van der Waals surface area contributed by atoms with Crippen LogP contribution in [0.15, 0.2) is 51.9 Å². The van der Waals surface area contributed by atoms with Crippen molar-refractivity contribution in [2.75, 3.05) is 25.5 Å². The van der Waals surface area contributed by atoms with Gasteiger partial charge in [-0.05, 0) is 49.7 Å². The largest absolute Gasteiger partial charge is 0.423 e. The summed E-state index contributed by atoms with van der Waals surface area (Å²) in [5, 5.41) is 28.0. The van der Waals surface area contributed by atoms with Gasteiger partial charge in [0.2, 0.25) is 17.8 Å². The van der Waals surface area contributed by atoms with Crippen molar-refractivity contribution in [3.63, 3.8) is 0 Å². The molecular weight excluding hydrogens is 566 g/mol. The first-order valence-electron chi connectivity index (χ1n) is 15.0. The highest BCUT2D eigenvalue weighted by molar-refractivity contribution is 6.04. The number of hydrogen-bond acceptors (Lipinski definition) is 12. The van der Waals surface area contributed by atoms with Crippen molar-refractivity contribution < 1.29 is 29.3 Å². The molecule has 0 radical (unpaired) electrons. The van der Waals surface area contributed by atoms with Crippen LogP contribution in [0.2, 0.25) is 0 Å². The molecule has 44 heavy (non-hydrogen) atoms. The number of guanidine groups is 1. The van der Waals surface area contributed by atoms with E-state index in [2.05, 4.69) is 37.5 Å². The maximum Gasteiger partial charge on any atom is 0.343 e. The number of carbonyl (C=O) groups excluding carboxylic acids is 2. The fraction of sp³-hybridized carbons (Fsp3) is 0.548. The molecular formula is C31H39N7O6. The molecule has 3 fully saturated rings. The number of anilines is 1. The predicted octanol–water partition coefficient (Wildman–Crippen LogP) is 0.907. The lowest BCUT2D eigenvalue weighted by atomic mass is 9.44. The summed E-state index contributed by atoms with van der Waals surface area (Å²) in [7, 11) is 0. The monoisotopic (exact) mass is 605 g/mol. The van der Waals surface area contributed by atoms with Crippen LogP contribution in [-0.2, 0) is 19.1 Å².